The third-order valence-electron chi connectivity index (χ3n) is 13.9. The zero-order valence-corrected chi connectivity index (χ0v) is 37.4. The molecule has 4 aliphatic rings. The van der Waals surface area contributed by atoms with E-state index < -0.39 is 0 Å². The molecule has 0 aliphatic heterocycles. The molecule has 4 atom stereocenters. The van der Waals surface area contributed by atoms with Crippen LogP contribution in [0.1, 0.15) is 220 Å². The molecule has 0 aromatic heterocycles. The lowest BCUT2D eigenvalue weighted by Gasteiger charge is -2.41. The maximum atomic E-state index is 12.7. The topological polar surface area (TPSA) is 82.1 Å². The van der Waals surface area contributed by atoms with Crippen molar-refractivity contribution in [2.45, 2.75) is 226 Å². The second-order valence-corrected chi connectivity index (χ2v) is 19.5. The van der Waals surface area contributed by atoms with Crippen LogP contribution in [-0.2, 0) is 28.6 Å². The summed E-state index contributed by atoms with van der Waals surface area (Å²) in [5.74, 6) is 4.02. The number of carbonyl (C=O) groups is 3. The van der Waals surface area contributed by atoms with Gasteiger partial charge in [-0.3, -0.25) is 14.4 Å². The van der Waals surface area contributed by atoms with Gasteiger partial charge in [0.2, 0.25) is 0 Å². The van der Waals surface area contributed by atoms with E-state index >= 15 is 0 Å². The lowest BCUT2D eigenvalue weighted by Crippen LogP contribution is -2.35. The van der Waals surface area contributed by atoms with Gasteiger partial charge in [-0.25, -0.2) is 0 Å². The monoisotopic (exact) mass is 788 g/mol. The van der Waals surface area contributed by atoms with Gasteiger partial charge < -0.3 is 19.1 Å². The van der Waals surface area contributed by atoms with Crippen molar-refractivity contribution < 1.29 is 28.6 Å². The minimum Gasteiger partial charge on any atom is -0.466 e. The first-order valence-corrected chi connectivity index (χ1v) is 24.3. The minimum atomic E-state index is -0.0694. The summed E-state index contributed by atoms with van der Waals surface area (Å²) in [6.45, 7) is 9.01. The number of ether oxygens (including phenoxy) is 3. The summed E-state index contributed by atoms with van der Waals surface area (Å²) in [5.41, 5.74) is 0.177. The molecule has 0 saturated heterocycles. The molecule has 0 heterocycles. The highest BCUT2D eigenvalue weighted by atomic mass is 16.5. The first-order valence-electron chi connectivity index (χ1n) is 24.3. The van der Waals surface area contributed by atoms with E-state index in [0.29, 0.717) is 38.4 Å². The summed E-state index contributed by atoms with van der Waals surface area (Å²) in [5, 5.41) is 0. The standard InChI is InChI=1S/C49H89NO6/c1-6-8-16-23-40(24-17-9-7-2)30-32-54-46(51)27-20-14-10-12-18-25-45(56-48(53)29-22-31-50(4)5)26-19-13-11-15-21-28-47(52)55-39-49(3)38-43-34-41-33-42(35-43)37-44(49)36-41/h40-45H,6-39H2,1-5H3. The summed E-state index contributed by atoms with van der Waals surface area (Å²) < 4.78 is 17.6. The van der Waals surface area contributed by atoms with Crippen LogP contribution in [0.15, 0.2) is 0 Å². The zero-order valence-electron chi connectivity index (χ0n) is 37.4. The van der Waals surface area contributed by atoms with Crippen LogP contribution in [0.2, 0.25) is 0 Å². The molecule has 0 spiro atoms. The maximum absolute atomic E-state index is 12.7. The van der Waals surface area contributed by atoms with Crippen LogP contribution in [0.4, 0.5) is 0 Å². The number of hydrogen-bond acceptors (Lipinski definition) is 7. The highest BCUT2D eigenvalue weighted by Crippen LogP contribution is 2.57. The summed E-state index contributed by atoms with van der Waals surface area (Å²) in [6.07, 6.45) is 34.0. The number of rotatable bonds is 34. The molecule has 7 nitrogen and oxygen atoms in total. The first-order chi connectivity index (χ1) is 27.1. The van der Waals surface area contributed by atoms with E-state index in [4.69, 9.17) is 14.2 Å². The van der Waals surface area contributed by atoms with Crippen LogP contribution >= 0.6 is 0 Å². The second-order valence-electron chi connectivity index (χ2n) is 19.5. The van der Waals surface area contributed by atoms with Crippen molar-refractivity contribution in [3.8, 4) is 0 Å². The number of fused-ring (bicyclic) bond motifs is 1. The molecule has 4 unspecified atom stereocenters. The number of hydrogen-bond donors (Lipinski definition) is 0. The Morgan fingerprint density at radius 2 is 1.07 bits per heavy atom. The fraction of sp³-hybridized carbons (Fsp3) is 0.939. The molecule has 326 valence electrons. The van der Waals surface area contributed by atoms with Gasteiger partial charge in [0.15, 0.2) is 0 Å². The Bertz CT molecular complexity index is 1040. The van der Waals surface area contributed by atoms with E-state index in [1.807, 2.05) is 14.1 Å². The average molecular weight is 788 g/mol. The maximum Gasteiger partial charge on any atom is 0.306 e. The molecule has 4 saturated carbocycles. The molecule has 4 bridgehead atoms. The van der Waals surface area contributed by atoms with Crippen molar-refractivity contribution in [2.24, 2.45) is 35.0 Å². The zero-order chi connectivity index (χ0) is 40.4. The fourth-order valence-electron chi connectivity index (χ4n) is 10.6. The van der Waals surface area contributed by atoms with Crippen LogP contribution in [0.3, 0.4) is 0 Å². The van der Waals surface area contributed by atoms with Crippen molar-refractivity contribution in [2.75, 3.05) is 33.9 Å². The molecule has 4 rings (SSSR count). The quantitative estimate of drug-likeness (QED) is 0.0365. The lowest BCUT2D eigenvalue weighted by atomic mass is 9.65. The Kier molecular flexibility index (Phi) is 25.0. The molecular weight excluding hydrogens is 699 g/mol. The van der Waals surface area contributed by atoms with E-state index in [2.05, 4.69) is 25.7 Å². The second kappa shape index (κ2) is 28.7. The van der Waals surface area contributed by atoms with Gasteiger partial charge in [-0.1, -0.05) is 111 Å². The van der Waals surface area contributed by atoms with Gasteiger partial charge in [0.1, 0.15) is 6.10 Å². The number of unbranched alkanes of at least 4 members (excludes halogenated alkanes) is 12. The Labute approximate surface area is 345 Å². The predicted octanol–water partition coefficient (Wildman–Crippen LogP) is 12.8. The molecule has 0 aromatic carbocycles. The Balaban J connectivity index is 1.24. The van der Waals surface area contributed by atoms with Gasteiger partial charge in [-0.2, -0.15) is 0 Å². The molecule has 7 heteroatoms. The SMILES string of the molecule is CCCCCC(CCCCC)CCOC(=O)CCCCCCCC(CCCCCCCC(=O)OCC1(C)CC2CC3CC(C2)CC1C3)OC(=O)CCCN(C)C. The normalized spacial score (nSPS) is 23.4. The van der Waals surface area contributed by atoms with E-state index in [1.165, 1.54) is 89.9 Å². The predicted molar refractivity (Wildman–Crippen MR) is 230 cm³/mol. The number of nitrogens with zero attached hydrogens (tertiary/aromatic N) is 1. The van der Waals surface area contributed by atoms with Crippen LogP contribution in [0.5, 0.6) is 0 Å². The highest BCUT2D eigenvalue weighted by molar-refractivity contribution is 5.70. The van der Waals surface area contributed by atoms with Gasteiger partial charge in [-0.15, -0.1) is 0 Å². The van der Waals surface area contributed by atoms with Crippen LogP contribution < -0.4 is 0 Å². The minimum absolute atomic E-state index is 0.00830. The Morgan fingerprint density at radius 3 is 1.64 bits per heavy atom. The van der Waals surface area contributed by atoms with Gasteiger partial charge in [0.25, 0.3) is 0 Å². The Morgan fingerprint density at radius 1 is 0.571 bits per heavy atom. The van der Waals surface area contributed by atoms with Crippen molar-refractivity contribution in [3.63, 3.8) is 0 Å². The van der Waals surface area contributed by atoms with Crippen LogP contribution in [-0.4, -0.2) is 62.8 Å². The smallest absolute Gasteiger partial charge is 0.306 e. The van der Waals surface area contributed by atoms with Gasteiger partial charge in [0, 0.05) is 24.7 Å². The van der Waals surface area contributed by atoms with Crippen molar-refractivity contribution in [3.05, 3.63) is 0 Å². The van der Waals surface area contributed by atoms with E-state index in [-0.39, 0.29) is 29.4 Å². The van der Waals surface area contributed by atoms with Gasteiger partial charge >= 0.3 is 17.9 Å². The molecule has 0 radical (unpaired) electrons. The lowest BCUT2D eigenvalue weighted by molar-refractivity contribution is -0.150. The van der Waals surface area contributed by atoms with E-state index in [1.54, 1.807) is 0 Å². The molecule has 0 amide bonds. The molecule has 56 heavy (non-hydrogen) atoms. The summed E-state index contributed by atoms with van der Waals surface area (Å²) in [7, 11) is 4.07. The van der Waals surface area contributed by atoms with Crippen molar-refractivity contribution in [1.29, 1.82) is 0 Å². The number of carbonyl (C=O) groups excluding carboxylic acids is 3. The number of esters is 3. The summed E-state index contributed by atoms with van der Waals surface area (Å²) >= 11 is 0. The van der Waals surface area contributed by atoms with Gasteiger partial charge in [-0.05, 0) is 140 Å². The summed E-state index contributed by atoms with van der Waals surface area (Å²) in [4.78, 5) is 39.9. The summed E-state index contributed by atoms with van der Waals surface area (Å²) in [6, 6.07) is 0. The molecular formula is C49H89NO6. The van der Waals surface area contributed by atoms with Gasteiger partial charge in [0.05, 0.1) is 13.2 Å². The largest absolute Gasteiger partial charge is 0.466 e. The molecule has 4 aliphatic carbocycles. The van der Waals surface area contributed by atoms with Crippen LogP contribution in [0.25, 0.3) is 0 Å². The fourth-order valence-corrected chi connectivity index (χ4v) is 10.6. The molecule has 0 N–H and O–H groups in total. The molecule has 4 fully saturated rings. The Hall–Kier alpha value is -1.63. The van der Waals surface area contributed by atoms with E-state index in [0.717, 1.165) is 120 Å². The molecule has 0 aromatic rings. The third kappa shape index (κ3) is 20.9. The van der Waals surface area contributed by atoms with Crippen molar-refractivity contribution in [1.82, 2.24) is 4.90 Å². The highest BCUT2D eigenvalue weighted by Gasteiger charge is 2.49. The third-order valence-corrected chi connectivity index (χ3v) is 13.9. The first kappa shape index (κ1) is 48.7. The van der Waals surface area contributed by atoms with E-state index in [9.17, 15) is 14.4 Å². The average Bonchev–Trinajstić information content (AvgIpc) is 3.30. The van der Waals surface area contributed by atoms with Crippen LogP contribution in [0, 0.1) is 35.0 Å². The van der Waals surface area contributed by atoms with Crippen molar-refractivity contribution >= 4 is 17.9 Å².